The molecule has 11 nitrogen and oxygen atoms in total. The minimum atomic E-state index is -0.725. The van der Waals surface area contributed by atoms with Gasteiger partial charge < -0.3 is 32.0 Å². The highest BCUT2D eigenvalue weighted by atomic mass is 16.6. The Hall–Kier alpha value is -3.63. The number of amidine groups is 1. The quantitative estimate of drug-likeness (QED) is 0.133. The number of benzene rings is 1. The first-order valence-corrected chi connectivity index (χ1v) is 10.5. The van der Waals surface area contributed by atoms with E-state index >= 15 is 0 Å². The Morgan fingerprint density at radius 3 is 2.18 bits per heavy atom. The predicted octanol–water partition coefficient (Wildman–Crippen LogP) is 1.57. The van der Waals surface area contributed by atoms with Crippen LogP contribution in [-0.4, -0.2) is 49.4 Å². The fourth-order valence-electron chi connectivity index (χ4n) is 2.40. The summed E-state index contributed by atoms with van der Waals surface area (Å²) in [6, 6.07) is 7.19. The summed E-state index contributed by atoms with van der Waals surface area (Å²) in [5, 5.41) is 10.1. The van der Waals surface area contributed by atoms with Crippen LogP contribution in [0.25, 0.3) is 0 Å². The molecule has 0 aromatic heterocycles. The molecule has 0 aliphatic carbocycles. The van der Waals surface area contributed by atoms with Gasteiger partial charge in [0.15, 0.2) is 5.84 Å². The van der Waals surface area contributed by atoms with Crippen LogP contribution in [0.3, 0.4) is 0 Å². The van der Waals surface area contributed by atoms with Crippen LogP contribution in [0.5, 0.6) is 0 Å². The second kappa shape index (κ2) is 16.1. The van der Waals surface area contributed by atoms with Crippen molar-refractivity contribution in [3.8, 4) is 0 Å². The van der Waals surface area contributed by atoms with Crippen molar-refractivity contribution in [1.29, 1.82) is 0 Å². The standard InChI is InChI=1S/C17H25N5O3.C5H11NO2/c1-25-16(24)5-3-2-4-10-20-15(23)11-13-6-8-14(9-7-13)17(19)22-21-12-18;1-5(2,3)8-4(6)7/h6-9,12H,2-5,10-11H2,1H3,(H2,18,21)(H2,19,22)(H,20,23);1-3H3,(H2,6,7). The minimum Gasteiger partial charge on any atom is -0.469 e. The molecule has 0 atom stereocenters. The summed E-state index contributed by atoms with van der Waals surface area (Å²) in [6.07, 6.45) is 3.50. The van der Waals surface area contributed by atoms with E-state index in [-0.39, 0.29) is 17.7 Å². The number of amides is 2. The Morgan fingerprint density at radius 2 is 1.70 bits per heavy atom. The summed E-state index contributed by atoms with van der Waals surface area (Å²) >= 11 is 0. The van der Waals surface area contributed by atoms with Gasteiger partial charge in [-0.3, -0.25) is 9.59 Å². The molecular formula is C22H36N6O5. The number of nitrogens with two attached hydrogens (primary N) is 3. The Kier molecular flexibility index (Phi) is 14.3. The van der Waals surface area contributed by atoms with Gasteiger partial charge in [-0.15, -0.1) is 10.2 Å². The molecule has 0 aliphatic heterocycles. The second-order valence-electron chi connectivity index (χ2n) is 7.89. The summed E-state index contributed by atoms with van der Waals surface area (Å²) in [6.45, 7) is 5.88. The first-order valence-electron chi connectivity index (χ1n) is 10.5. The summed E-state index contributed by atoms with van der Waals surface area (Å²) in [5.41, 5.74) is 16.7. The lowest BCUT2D eigenvalue weighted by Crippen LogP contribution is -2.27. The van der Waals surface area contributed by atoms with Gasteiger partial charge in [0.2, 0.25) is 5.91 Å². The van der Waals surface area contributed by atoms with E-state index in [0.29, 0.717) is 24.9 Å². The third-order valence-corrected chi connectivity index (χ3v) is 3.86. The number of carbonyl (C=O) groups is 3. The zero-order valence-electron chi connectivity index (χ0n) is 19.8. The van der Waals surface area contributed by atoms with Crippen molar-refractivity contribution in [3.05, 3.63) is 35.4 Å². The Morgan fingerprint density at radius 1 is 1.06 bits per heavy atom. The number of ether oxygens (including phenoxy) is 2. The maximum atomic E-state index is 11.9. The van der Waals surface area contributed by atoms with Crippen molar-refractivity contribution in [2.45, 2.75) is 58.5 Å². The molecule has 0 radical (unpaired) electrons. The van der Waals surface area contributed by atoms with E-state index in [4.69, 9.17) is 17.2 Å². The highest BCUT2D eigenvalue weighted by Crippen LogP contribution is 2.06. The third-order valence-electron chi connectivity index (χ3n) is 3.86. The molecule has 0 saturated carbocycles. The molecule has 33 heavy (non-hydrogen) atoms. The monoisotopic (exact) mass is 464 g/mol. The number of hydrogen-bond acceptors (Lipinski definition) is 7. The maximum absolute atomic E-state index is 11.9. The van der Waals surface area contributed by atoms with E-state index in [2.05, 4.69) is 25.0 Å². The first kappa shape index (κ1) is 29.4. The SMILES string of the molecule is CC(C)(C)OC(N)=O.COC(=O)CCCCCNC(=O)Cc1ccc(/C(N)=N/N=C\N)cc1. The molecule has 0 unspecified atom stereocenters. The number of unbranched alkanes of at least 4 members (excludes halogenated alkanes) is 2. The highest BCUT2D eigenvalue weighted by molar-refractivity contribution is 5.97. The molecule has 1 rings (SSSR count). The molecule has 11 heteroatoms. The molecule has 7 N–H and O–H groups in total. The molecule has 0 spiro atoms. The number of nitrogens with one attached hydrogen (secondary N) is 1. The highest BCUT2D eigenvalue weighted by Gasteiger charge is 2.12. The van der Waals surface area contributed by atoms with Gasteiger partial charge in [-0.05, 0) is 39.2 Å². The summed E-state index contributed by atoms with van der Waals surface area (Å²) in [5.74, 6) is 0.00717. The van der Waals surface area contributed by atoms with Gasteiger partial charge in [-0.1, -0.05) is 30.7 Å². The fourth-order valence-corrected chi connectivity index (χ4v) is 2.40. The Balaban J connectivity index is 0.00000109. The van der Waals surface area contributed by atoms with Crippen LogP contribution in [0.1, 0.15) is 57.6 Å². The topological polar surface area (TPSA) is 184 Å². The molecule has 0 saturated heterocycles. The van der Waals surface area contributed by atoms with Crippen LogP contribution in [0.15, 0.2) is 34.5 Å². The number of primary amides is 1. The first-order chi connectivity index (χ1) is 15.5. The average molecular weight is 465 g/mol. The van der Waals surface area contributed by atoms with Crippen LogP contribution >= 0.6 is 0 Å². The molecular weight excluding hydrogens is 428 g/mol. The number of carbonyl (C=O) groups excluding carboxylic acids is 3. The van der Waals surface area contributed by atoms with E-state index in [1.54, 1.807) is 32.9 Å². The molecule has 0 heterocycles. The van der Waals surface area contributed by atoms with Crippen LogP contribution in [0, 0.1) is 0 Å². The lowest BCUT2D eigenvalue weighted by atomic mass is 10.1. The minimum absolute atomic E-state index is 0.0462. The molecule has 0 fully saturated rings. The smallest absolute Gasteiger partial charge is 0.405 e. The molecule has 2 amide bonds. The van der Waals surface area contributed by atoms with Crippen molar-refractivity contribution in [1.82, 2.24) is 5.32 Å². The fraction of sp³-hybridized carbons (Fsp3) is 0.500. The number of hydrogen-bond donors (Lipinski definition) is 4. The lowest BCUT2D eigenvalue weighted by molar-refractivity contribution is -0.140. The van der Waals surface area contributed by atoms with Crippen LogP contribution in [0.4, 0.5) is 4.79 Å². The summed E-state index contributed by atoms with van der Waals surface area (Å²) < 4.78 is 9.14. The van der Waals surface area contributed by atoms with Crippen molar-refractivity contribution in [3.63, 3.8) is 0 Å². The van der Waals surface area contributed by atoms with Gasteiger partial charge in [0, 0.05) is 18.5 Å². The number of nitrogens with zero attached hydrogens (tertiary/aromatic N) is 2. The van der Waals surface area contributed by atoms with Crippen LogP contribution in [-0.2, 0) is 25.5 Å². The van der Waals surface area contributed by atoms with E-state index in [0.717, 1.165) is 31.2 Å². The van der Waals surface area contributed by atoms with E-state index in [1.807, 2.05) is 12.1 Å². The van der Waals surface area contributed by atoms with Gasteiger partial charge in [-0.2, -0.15) is 0 Å². The molecule has 0 aliphatic rings. The van der Waals surface area contributed by atoms with Crippen molar-refractivity contribution < 1.29 is 23.9 Å². The molecule has 1 aromatic carbocycles. The Labute approximate surface area is 194 Å². The van der Waals surface area contributed by atoms with Crippen LogP contribution in [0.2, 0.25) is 0 Å². The molecule has 1 aromatic rings. The van der Waals surface area contributed by atoms with E-state index in [9.17, 15) is 14.4 Å². The average Bonchev–Trinajstić information content (AvgIpc) is 2.73. The third kappa shape index (κ3) is 16.7. The van der Waals surface area contributed by atoms with E-state index in [1.165, 1.54) is 7.11 Å². The number of methoxy groups -OCH3 is 1. The summed E-state index contributed by atoms with van der Waals surface area (Å²) in [7, 11) is 1.38. The van der Waals surface area contributed by atoms with Crippen LogP contribution < -0.4 is 22.5 Å². The maximum Gasteiger partial charge on any atom is 0.405 e. The van der Waals surface area contributed by atoms with Gasteiger partial charge in [0.05, 0.1) is 13.5 Å². The molecule has 0 bridgehead atoms. The number of rotatable bonds is 10. The predicted molar refractivity (Wildman–Crippen MR) is 127 cm³/mol. The largest absolute Gasteiger partial charge is 0.469 e. The normalized spacial score (nSPS) is 11.3. The van der Waals surface area contributed by atoms with Gasteiger partial charge in [-0.25, -0.2) is 4.79 Å². The van der Waals surface area contributed by atoms with Gasteiger partial charge in [0.1, 0.15) is 11.9 Å². The molecule has 184 valence electrons. The van der Waals surface area contributed by atoms with E-state index < -0.39 is 11.7 Å². The summed E-state index contributed by atoms with van der Waals surface area (Å²) in [4.78, 5) is 32.9. The van der Waals surface area contributed by atoms with Gasteiger partial charge in [0.25, 0.3) is 0 Å². The lowest BCUT2D eigenvalue weighted by Gasteiger charge is -2.16. The Bertz CT molecular complexity index is 800. The number of esters is 1. The van der Waals surface area contributed by atoms with Gasteiger partial charge >= 0.3 is 12.1 Å². The van der Waals surface area contributed by atoms with Crippen molar-refractivity contribution in [2.24, 2.45) is 27.4 Å². The second-order valence-corrected chi connectivity index (χ2v) is 7.89. The van der Waals surface area contributed by atoms with Crippen molar-refractivity contribution in [2.75, 3.05) is 13.7 Å². The zero-order chi connectivity index (χ0) is 25.3. The van der Waals surface area contributed by atoms with Crippen molar-refractivity contribution >= 4 is 30.1 Å². The zero-order valence-corrected chi connectivity index (χ0v) is 19.8.